The first-order valence-corrected chi connectivity index (χ1v) is 3.26. The predicted molar refractivity (Wildman–Crippen MR) is 38.6 cm³/mol. The van der Waals surface area contributed by atoms with Crippen molar-refractivity contribution in [2.45, 2.75) is 19.1 Å². The van der Waals surface area contributed by atoms with Crippen molar-refractivity contribution in [3.8, 4) is 0 Å². The van der Waals surface area contributed by atoms with Crippen molar-refractivity contribution in [2.24, 2.45) is 0 Å². The minimum Gasteiger partial charge on any atom is -0.457 e. The van der Waals surface area contributed by atoms with Crippen LogP contribution in [0.2, 0.25) is 0 Å². The summed E-state index contributed by atoms with van der Waals surface area (Å²) in [5.74, 6) is -2.58. The highest BCUT2D eigenvalue weighted by atomic mass is 16.6. The monoisotopic (exact) mass is 160 g/mol. The number of hydrogen-bond donors (Lipinski definition) is 2. The van der Waals surface area contributed by atoms with E-state index >= 15 is 0 Å². The molecule has 0 aliphatic carbocycles. The van der Waals surface area contributed by atoms with Crippen LogP contribution < -0.4 is 0 Å². The van der Waals surface area contributed by atoms with Gasteiger partial charge in [-0.2, -0.15) is 0 Å². The lowest BCUT2D eigenvalue weighted by Gasteiger charge is -2.18. The molecular weight excluding hydrogens is 148 g/mol. The summed E-state index contributed by atoms with van der Waals surface area (Å²) in [7, 11) is 0. The molecule has 0 spiro atoms. The van der Waals surface area contributed by atoms with Crippen molar-refractivity contribution >= 4 is 5.97 Å². The van der Waals surface area contributed by atoms with Crippen LogP contribution >= 0.6 is 0 Å². The average Bonchev–Trinajstić information content (AvgIpc) is 2.00. The van der Waals surface area contributed by atoms with Gasteiger partial charge in [0.2, 0.25) is 0 Å². The zero-order valence-corrected chi connectivity index (χ0v) is 6.41. The summed E-state index contributed by atoms with van der Waals surface area (Å²) >= 11 is 0. The fourth-order valence-electron chi connectivity index (χ4n) is 0.348. The highest BCUT2D eigenvalue weighted by Crippen LogP contribution is 2.04. The van der Waals surface area contributed by atoms with Crippen LogP contribution in [0.3, 0.4) is 0 Å². The predicted octanol–water partition coefficient (Wildman–Crippen LogP) is -0.194. The van der Waals surface area contributed by atoms with E-state index < -0.39 is 18.4 Å². The van der Waals surface area contributed by atoms with Gasteiger partial charge in [-0.3, -0.25) is 0 Å². The number of aliphatic hydroxyl groups is 2. The summed E-state index contributed by atoms with van der Waals surface area (Å²) in [6.45, 7) is 4.30. The summed E-state index contributed by atoms with van der Waals surface area (Å²) in [5.41, 5.74) is 0. The fraction of sp³-hybridized carbons (Fsp3) is 0.571. The van der Waals surface area contributed by atoms with Gasteiger partial charge in [0.15, 0.2) is 5.79 Å². The molecule has 0 bridgehead atoms. The molecule has 0 saturated heterocycles. The first kappa shape index (κ1) is 10.1. The molecule has 0 unspecified atom stereocenters. The lowest BCUT2D eigenvalue weighted by atomic mass is 10.2. The topological polar surface area (TPSA) is 66.8 Å². The van der Waals surface area contributed by atoms with Crippen LogP contribution in [0.5, 0.6) is 0 Å². The maximum atomic E-state index is 10.4. The highest BCUT2D eigenvalue weighted by Gasteiger charge is 2.21. The molecule has 0 aromatic carbocycles. The molecule has 0 atom stereocenters. The summed E-state index contributed by atoms with van der Waals surface area (Å²) in [6.07, 6.45) is 1.07. The summed E-state index contributed by atoms with van der Waals surface area (Å²) in [4.78, 5) is 10.4. The molecule has 0 aromatic heterocycles. The molecule has 0 aliphatic heterocycles. The number of ether oxygens (including phenoxy) is 1. The van der Waals surface area contributed by atoms with Crippen LogP contribution in [0.4, 0.5) is 0 Å². The van der Waals surface area contributed by atoms with Gasteiger partial charge in [-0.1, -0.05) is 13.5 Å². The van der Waals surface area contributed by atoms with E-state index in [1.807, 2.05) is 0 Å². The zero-order chi connectivity index (χ0) is 8.91. The first-order valence-electron chi connectivity index (χ1n) is 3.26. The van der Waals surface area contributed by atoms with Gasteiger partial charge in [0, 0.05) is 12.5 Å². The second-order valence-electron chi connectivity index (χ2n) is 2.15. The van der Waals surface area contributed by atoms with Crippen molar-refractivity contribution in [3.05, 3.63) is 12.7 Å². The van der Waals surface area contributed by atoms with E-state index in [1.165, 1.54) is 0 Å². The first-order chi connectivity index (χ1) is 5.02. The van der Waals surface area contributed by atoms with Crippen molar-refractivity contribution < 1.29 is 19.7 Å². The second-order valence-corrected chi connectivity index (χ2v) is 2.15. The Hall–Kier alpha value is -0.870. The van der Waals surface area contributed by atoms with Gasteiger partial charge in [-0.25, -0.2) is 4.79 Å². The molecule has 0 heterocycles. The lowest BCUT2D eigenvalue weighted by Crippen LogP contribution is -2.33. The third kappa shape index (κ3) is 4.52. The molecule has 0 radical (unpaired) electrons. The Morgan fingerprint density at radius 2 is 2.27 bits per heavy atom. The Kier molecular flexibility index (Phi) is 3.78. The van der Waals surface area contributed by atoms with Gasteiger partial charge in [0.1, 0.15) is 6.61 Å². The average molecular weight is 160 g/mol. The van der Waals surface area contributed by atoms with E-state index in [1.54, 1.807) is 6.92 Å². The zero-order valence-electron chi connectivity index (χ0n) is 6.41. The van der Waals surface area contributed by atoms with Crippen LogP contribution in [0.25, 0.3) is 0 Å². The molecule has 0 fully saturated rings. The molecule has 0 saturated carbocycles. The van der Waals surface area contributed by atoms with Crippen LogP contribution in [0.1, 0.15) is 13.3 Å². The molecule has 0 aromatic rings. The Bertz CT molecular complexity index is 151. The Labute approximate surface area is 65.1 Å². The van der Waals surface area contributed by atoms with Gasteiger partial charge in [0.25, 0.3) is 0 Å². The summed E-state index contributed by atoms with van der Waals surface area (Å²) in [6, 6.07) is 0. The van der Waals surface area contributed by atoms with E-state index in [4.69, 9.17) is 10.2 Å². The third-order valence-corrected chi connectivity index (χ3v) is 1.18. The van der Waals surface area contributed by atoms with Crippen LogP contribution in [-0.4, -0.2) is 28.6 Å². The number of esters is 1. The minimum atomic E-state index is -1.92. The molecule has 11 heavy (non-hydrogen) atoms. The fourth-order valence-corrected chi connectivity index (χ4v) is 0.348. The van der Waals surface area contributed by atoms with Crippen molar-refractivity contribution in [3.63, 3.8) is 0 Å². The van der Waals surface area contributed by atoms with Crippen molar-refractivity contribution in [1.29, 1.82) is 0 Å². The van der Waals surface area contributed by atoms with Crippen molar-refractivity contribution in [2.75, 3.05) is 6.61 Å². The molecule has 4 heteroatoms. The quantitative estimate of drug-likeness (QED) is 0.340. The standard InChI is InChI=1S/C7H12O4/c1-3-6(8)11-5-7(9,10)4-2/h3,9-10H,1,4-5H2,2H3. The molecule has 0 rings (SSSR count). The van der Waals surface area contributed by atoms with E-state index in [0.717, 1.165) is 6.08 Å². The Morgan fingerprint density at radius 3 is 2.64 bits per heavy atom. The smallest absolute Gasteiger partial charge is 0.330 e. The molecule has 4 nitrogen and oxygen atoms in total. The summed E-state index contributed by atoms with van der Waals surface area (Å²) in [5, 5.41) is 17.8. The maximum Gasteiger partial charge on any atom is 0.330 e. The van der Waals surface area contributed by atoms with E-state index in [2.05, 4.69) is 11.3 Å². The molecule has 64 valence electrons. The molecular formula is C7H12O4. The number of carbonyl (C=O) groups is 1. The second kappa shape index (κ2) is 4.10. The number of rotatable bonds is 4. The van der Waals surface area contributed by atoms with E-state index in [9.17, 15) is 4.79 Å². The lowest BCUT2D eigenvalue weighted by molar-refractivity contribution is -0.200. The van der Waals surface area contributed by atoms with Gasteiger partial charge in [0.05, 0.1) is 0 Å². The SMILES string of the molecule is C=CC(=O)OCC(O)(O)CC. The normalized spacial score (nSPS) is 10.8. The van der Waals surface area contributed by atoms with Crippen LogP contribution in [-0.2, 0) is 9.53 Å². The molecule has 0 amide bonds. The van der Waals surface area contributed by atoms with Gasteiger partial charge >= 0.3 is 5.97 Å². The molecule has 0 aliphatic rings. The van der Waals surface area contributed by atoms with Gasteiger partial charge in [-0.15, -0.1) is 0 Å². The third-order valence-electron chi connectivity index (χ3n) is 1.18. The largest absolute Gasteiger partial charge is 0.457 e. The van der Waals surface area contributed by atoms with Crippen LogP contribution in [0, 0.1) is 0 Å². The van der Waals surface area contributed by atoms with Gasteiger partial charge in [-0.05, 0) is 0 Å². The van der Waals surface area contributed by atoms with Crippen molar-refractivity contribution in [1.82, 2.24) is 0 Å². The van der Waals surface area contributed by atoms with E-state index in [-0.39, 0.29) is 6.42 Å². The maximum absolute atomic E-state index is 10.4. The van der Waals surface area contributed by atoms with Gasteiger partial charge < -0.3 is 14.9 Å². The Balaban J connectivity index is 3.69. The van der Waals surface area contributed by atoms with E-state index in [0.29, 0.717) is 0 Å². The number of carbonyl (C=O) groups excluding carboxylic acids is 1. The van der Waals surface area contributed by atoms with Crippen LogP contribution in [0.15, 0.2) is 12.7 Å². The Morgan fingerprint density at radius 1 is 1.73 bits per heavy atom. The molecule has 2 N–H and O–H groups in total. The highest BCUT2D eigenvalue weighted by molar-refractivity contribution is 5.81. The number of hydrogen-bond acceptors (Lipinski definition) is 4. The summed E-state index contributed by atoms with van der Waals surface area (Å²) < 4.78 is 4.39. The minimum absolute atomic E-state index is 0.109.